The number of amides is 2. The summed E-state index contributed by atoms with van der Waals surface area (Å²) in [7, 11) is 0. The number of para-hydroxylation sites is 1. The largest absolute Gasteiger partial charge is 0.322 e. The van der Waals surface area contributed by atoms with Crippen molar-refractivity contribution in [3.05, 3.63) is 60.2 Å². The highest BCUT2D eigenvalue weighted by atomic mass is 19.1. The molecule has 0 unspecified atom stereocenters. The Bertz CT molecular complexity index is 687. The smallest absolute Gasteiger partial charge is 0.244 e. The van der Waals surface area contributed by atoms with Gasteiger partial charge in [0.2, 0.25) is 11.8 Å². The highest BCUT2D eigenvalue weighted by Crippen LogP contribution is 2.16. The van der Waals surface area contributed by atoms with Crippen LogP contribution in [-0.2, 0) is 9.59 Å². The van der Waals surface area contributed by atoms with E-state index in [1.807, 2.05) is 0 Å². The Kier molecular flexibility index (Phi) is 4.83. The molecule has 2 rings (SSSR count). The molecular formula is C16H14F2N2O2. The standard InChI is InChI=1S/C16H14F2N2O2/c1-11(21)20(13-8-6-12(17)7-9-13)10-16(22)19-15-5-3-2-4-14(15)18/h2-9H,10H2,1H3,(H,19,22). The summed E-state index contributed by atoms with van der Waals surface area (Å²) in [6.07, 6.45) is 0. The van der Waals surface area contributed by atoms with Gasteiger partial charge in [-0.25, -0.2) is 8.78 Å². The molecule has 2 amide bonds. The van der Waals surface area contributed by atoms with E-state index in [0.717, 1.165) is 0 Å². The predicted molar refractivity (Wildman–Crippen MR) is 79.5 cm³/mol. The number of nitrogens with zero attached hydrogens (tertiary/aromatic N) is 1. The maximum absolute atomic E-state index is 13.5. The third-order valence-corrected chi connectivity index (χ3v) is 2.97. The van der Waals surface area contributed by atoms with Gasteiger partial charge < -0.3 is 10.2 Å². The first-order valence-electron chi connectivity index (χ1n) is 6.55. The van der Waals surface area contributed by atoms with Crippen LogP contribution in [-0.4, -0.2) is 18.4 Å². The van der Waals surface area contributed by atoms with Crippen molar-refractivity contribution in [3.63, 3.8) is 0 Å². The molecule has 0 bridgehead atoms. The van der Waals surface area contributed by atoms with Gasteiger partial charge in [0.25, 0.3) is 0 Å². The summed E-state index contributed by atoms with van der Waals surface area (Å²) in [5.41, 5.74) is 0.424. The molecule has 0 aliphatic rings. The zero-order valence-electron chi connectivity index (χ0n) is 11.8. The highest BCUT2D eigenvalue weighted by molar-refractivity contribution is 6.01. The van der Waals surface area contributed by atoms with Crippen LogP contribution in [0, 0.1) is 11.6 Å². The number of carbonyl (C=O) groups excluding carboxylic acids is 2. The molecule has 2 aromatic rings. The minimum atomic E-state index is -0.563. The normalized spacial score (nSPS) is 10.1. The third kappa shape index (κ3) is 3.88. The van der Waals surface area contributed by atoms with Gasteiger partial charge in [-0.05, 0) is 36.4 Å². The number of benzene rings is 2. The number of nitrogens with one attached hydrogen (secondary N) is 1. The van der Waals surface area contributed by atoms with Crippen LogP contribution in [0.5, 0.6) is 0 Å². The van der Waals surface area contributed by atoms with Crippen LogP contribution >= 0.6 is 0 Å². The van der Waals surface area contributed by atoms with Crippen molar-refractivity contribution in [2.24, 2.45) is 0 Å². The Balaban J connectivity index is 2.11. The van der Waals surface area contributed by atoms with E-state index in [0.29, 0.717) is 5.69 Å². The summed E-state index contributed by atoms with van der Waals surface area (Å²) in [4.78, 5) is 24.8. The number of rotatable bonds is 4. The van der Waals surface area contributed by atoms with Gasteiger partial charge in [0.05, 0.1) is 5.69 Å². The van der Waals surface area contributed by atoms with Crippen LogP contribution < -0.4 is 10.2 Å². The van der Waals surface area contributed by atoms with Gasteiger partial charge in [-0.1, -0.05) is 12.1 Å². The van der Waals surface area contributed by atoms with Crippen LogP contribution in [0.2, 0.25) is 0 Å². The lowest BCUT2D eigenvalue weighted by Gasteiger charge is -2.20. The molecule has 0 aromatic heterocycles. The topological polar surface area (TPSA) is 49.4 Å². The molecule has 0 radical (unpaired) electrons. The Morgan fingerprint density at radius 2 is 1.68 bits per heavy atom. The first-order chi connectivity index (χ1) is 10.5. The monoisotopic (exact) mass is 304 g/mol. The van der Waals surface area contributed by atoms with Crippen LogP contribution in [0.15, 0.2) is 48.5 Å². The summed E-state index contributed by atoms with van der Waals surface area (Å²) in [6.45, 7) is 0.995. The van der Waals surface area contributed by atoms with Crippen molar-refractivity contribution < 1.29 is 18.4 Å². The number of hydrogen-bond acceptors (Lipinski definition) is 2. The fourth-order valence-corrected chi connectivity index (χ4v) is 1.90. The Morgan fingerprint density at radius 3 is 2.27 bits per heavy atom. The molecule has 0 fully saturated rings. The molecular weight excluding hydrogens is 290 g/mol. The van der Waals surface area contributed by atoms with E-state index in [9.17, 15) is 18.4 Å². The van der Waals surface area contributed by atoms with E-state index < -0.39 is 17.5 Å². The molecule has 0 atom stereocenters. The summed E-state index contributed by atoms with van der Waals surface area (Å²) in [5.74, 6) is -1.94. The van der Waals surface area contributed by atoms with E-state index in [-0.39, 0.29) is 18.1 Å². The van der Waals surface area contributed by atoms with Gasteiger partial charge in [-0.3, -0.25) is 9.59 Å². The molecule has 114 valence electrons. The molecule has 0 aliphatic heterocycles. The lowest BCUT2D eigenvalue weighted by Crippen LogP contribution is -2.36. The fraction of sp³-hybridized carbons (Fsp3) is 0.125. The molecule has 0 heterocycles. The average Bonchev–Trinajstić information content (AvgIpc) is 2.48. The van der Waals surface area contributed by atoms with Gasteiger partial charge in [0.15, 0.2) is 0 Å². The van der Waals surface area contributed by atoms with Crippen molar-refractivity contribution in [2.75, 3.05) is 16.8 Å². The molecule has 2 aromatic carbocycles. The molecule has 22 heavy (non-hydrogen) atoms. The van der Waals surface area contributed by atoms with Gasteiger partial charge >= 0.3 is 0 Å². The zero-order chi connectivity index (χ0) is 16.1. The van der Waals surface area contributed by atoms with Crippen LogP contribution in [0.25, 0.3) is 0 Å². The third-order valence-electron chi connectivity index (χ3n) is 2.97. The first kappa shape index (κ1) is 15.6. The second-order valence-corrected chi connectivity index (χ2v) is 4.61. The fourth-order valence-electron chi connectivity index (χ4n) is 1.90. The molecule has 6 heteroatoms. The minimum Gasteiger partial charge on any atom is -0.322 e. The molecule has 1 N–H and O–H groups in total. The Hall–Kier alpha value is -2.76. The lowest BCUT2D eigenvalue weighted by atomic mass is 10.2. The second-order valence-electron chi connectivity index (χ2n) is 4.61. The highest BCUT2D eigenvalue weighted by Gasteiger charge is 2.16. The van der Waals surface area contributed by atoms with Crippen molar-refractivity contribution in [2.45, 2.75) is 6.92 Å². The quantitative estimate of drug-likeness (QED) is 0.944. The van der Waals surface area contributed by atoms with Crippen molar-refractivity contribution in [1.82, 2.24) is 0 Å². The van der Waals surface area contributed by atoms with Gasteiger partial charge in [0, 0.05) is 12.6 Å². The van der Waals surface area contributed by atoms with E-state index >= 15 is 0 Å². The summed E-state index contributed by atoms with van der Waals surface area (Å²) >= 11 is 0. The number of halogens is 2. The van der Waals surface area contributed by atoms with E-state index in [2.05, 4.69) is 5.32 Å². The van der Waals surface area contributed by atoms with Gasteiger partial charge in [0.1, 0.15) is 18.2 Å². The van der Waals surface area contributed by atoms with Crippen LogP contribution in [0.4, 0.5) is 20.2 Å². The molecule has 0 spiro atoms. The molecule has 4 nitrogen and oxygen atoms in total. The lowest BCUT2D eigenvalue weighted by molar-refractivity contribution is -0.120. The summed E-state index contributed by atoms with van der Waals surface area (Å²) in [6, 6.07) is 10.9. The zero-order valence-corrected chi connectivity index (χ0v) is 11.8. The van der Waals surface area contributed by atoms with Crippen molar-refractivity contribution in [1.29, 1.82) is 0 Å². The SMILES string of the molecule is CC(=O)N(CC(=O)Nc1ccccc1F)c1ccc(F)cc1. The van der Waals surface area contributed by atoms with E-state index in [4.69, 9.17) is 0 Å². The summed E-state index contributed by atoms with van der Waals surface area (Å²) < 4.78 is 26.4. The number of hydrogen-bond donors (Lipinski definition) is 1. The number of carbonyl (C=O) groups is 2. The second kappa shape index (κ2) is 6.80. The van der Waals surface area contributed by atoms with Gasteiger partial charge in [-0.2, -0.15) is 0 Å². The molecule has 0 saturated carbocycles. The Labute approximate surface area is 126 Å². The number of anilines is 2. The minimum absolute atomic E-state index is 0.0371. The summed E-state index contributed by atoms with van der Waals surface area (Å²) in [5, 5.41) is 2.39. The van der Waals surface area contributed by atoms with Crippen LogP contribution in [0.1, 0.15) is 6.92 Å². The molecule has 0 saturated heterocycles. The Morgan fingerprint density at radius 1 is 1.05 bits per heavy atom. The maximum atomic E-state index is 13.5. The van der Waals surface area contributed by atoms with E-state index in [1.165, 1.54) is 54.3 Å². The average molecular weight is 304 g/mol. The first-order valence-corrected chi connectivity index (χ1v) is 6.55. The van der Waals surface area contributed by atoms with Crippen molar-refractivity contribution in [3.8, 4) is 0 Å². The van der Waals surface area contributed by atoms with Crippen LogP contribution in [0.3, 0.4) is 0 Å². The maximum Gasteiger partial charge on any atom is 0.244 e. The van der Waals surface area contributed by atoms with E-state index in [1.54, 1.807) is 6.07 Å². The molecule has 0 aliphatic carbocycles. The van der Waals surface area contributed by atoms with Gasteiger partial charge in [-0.15, -0.1) is 0 Å². The van der Waals surface area contributed by atoms with Crippen molar-refractivity contribution >= 4 is 23.2 Å². The predicted octanol–water partition coefficient (Wildman–Crippen LogP) is 2.96.